The summed E-state index contributed by atoms with van der Waals surface area (Å²) in [5.74, 6) is -3.80. The highest BCUT2D eigenvalue weighted by Gasteiger charge is 2.40. The molecule has 9 heteroatoms. The van der Waals surface area contributed by atoms with Crippen LogP contribution in [-0.4, -0.2) is 18.1 Å². The molecule has 0 spiro atoms. The second-order valence-electron chi connectivity index (χ2n) is 3.04. The number of pyridine rings is 1. The Labute approximate surface area is 96.4 Å². The summed E-state index contributed by atoms with van der Waals surface area (Å²) in [6.45, 7) is 0. The summed E-state index contributed by atoms with van der Waals surface area (Å²) < 4.78 is 79.1. The molecular formula is C9H5F6NO2. The molecule has 0 amide bonds. The van der Waals surface area contributed by atoms with Crippen molar-refractivity contribution in [1.82, 2.24) is 4.98 Å². The number of alkyl halides is 5. The zero-order valence-electron chi connectivity index (χ0n) is 8.69. The van der Waals surface area contributed by atoms with Gasteiger partial charge in [0.1, 0.15) is 5.56 Å². The molecule has 0 radical (unpaired) electrons. The molecule has 0 aliphatic rings. The minimum absolute atomic E-state index is 0.100. The van der Waals surface area contributed by atoms with Crippen molar-refractivity contribution in [1.29, 1.82) is 0 Å². The van der Waals surface area contributed by atoms with E-state index in [1.807, 2.05) is 0 Å². The van der Waals surface area contributed by atoms with Gasteiger partial charge in [0, 0.05) is 6.20 Å². The number of methoxy groups -OCH3 is 1. The minimum Gasteiger partial charge on any atom is -0.465 e. The van der Waals surface area contributed by atoms with Gasteiger partial charge in [0.2, 0.25) is 0 Å². The van der Waals surface area contributed by atoms with Crippen LogP contribution in [0.15, 0.2) is 6.20 Å². The standard InChI is InChI=1S/C9H5F6NO2/c1-18-8(17)4-3(7(11)12)2-16-6(5(4)10)9(13,14)15/h2,7H,1H3. The molecule has 1 rings (SSSR count). The molecule has 0 atom stereocenters. The van der Waals surface area contributed by atoms with Crippen molar-refractivity contribution in [3.63, 3.8) is 0 Å². The summed E-state index contributed by atoms with van der Waals surface area (Å²) in [6, 6.07) is 0. The van der Waals surface area contributed by atoms with Crippen molar-refractivity contribution in [2.24, 2.45) is 0 Å². The van der Waals surface area contributed by atoms with Crippen LogP contribution in [0.2, 0.25) is 0 Å². The number of hydrogen-bond acceptors (Lipinski definition) is 3. The number of nitrogens with zero attached hydrogens (tertiary/aromatic N) is 1. The van der Waals surface area contributed by atoms with Gasteiger partial charge in [0.05, 0.1) is 12.7 Å². The van der Waals surface area contributed by atoms with Gasteiger partial charge in [-0.3, -0.25) is 0 Å². The Morgan fingerprint density at radius 3 is 2.33 bits per heavy atom. The number of halogens is 6. The van der Waals surface area contributed by atoms with Gasteiger partial charge in [-0.25, -0.2) is 22.9 Å². The van der Waals surface area contributed by atoms with Crippen LogP contribution in [0.4, 0.5) is 26.3 Å². The maximum absolute atomic E-state index is 13.4. The number of ether oxygens (including phenoxy) is 1. The molecule has 3 nitrogen and oxygen atoms in total. The van der Waals surface area contributed by atoms with Crippen LogP contribution < -0.4 is 0 Å². The first-order valence-corrected chi connectivity index (χ1v) is 4.32. The molecule has 0 aromatic carbocycles. The predicted octanol–water partition coefficient (Wildman–Crippen LogP) is 2.96. The molecule has 1 heterocycles. The van der Waals surface area contributed by atoms with E-state index >= 15 is 0 Å². The fourth-order valence-electron chi connectivity index (χ4n) is 1.17. The molecule has 0 fully saturated rings. The first-order chi connectivity index (χ1) is 8.20. The van der Waals surface area contributed by atoms with Crippen molar-refractivity contribution in [2.75, 3.05) is 7.11 Å². The first-order valence-electron chi connectivity index (χ1n) is 4.32. The molecule has 1 aromatic rings. The van der Waals surface area contributed by atoms with Gasteiger partial charge >= 0.3 is 12.1 Å². The lowest BCUT2D eigenvalue weighted by atomic mass is 10.1. The largest absolute Gasteiger partial charge is 0.465 e. The van der Waals surface area contributed by atoms with E-state index in [4.69, 9.17) is 0 Å². The Morgan fingerprint density at radius 2 is 1.94 bits per heavy atom. The Hall–Kier alpha value is -1.80. The van der Waals surface area contributed by atoms with Gasteiger partial charge in [-0.05, 0) is 0 Å². The van der Waals surface area contributed by atoms with Gasteiger partial charge < -0.3 is 4.74 Å². The highest BCUT2D eigenvalue weighted by molar-refractivity contribution is 5.91. The molecule has 1 aromatic heterocycles. The fourth-order valence-corrected chi connectivity index (χ4v) is 1.17. The molecule has 0 N–H and O–H groups in total. The molecule has 18 heavy (non-hydrogen) atoms. The van der Waals surface area contributed by atoms with E-state index < -0.39 is 41.2 Å². The van der Waals surface area contributed by atoms with Crippen LogP contribution >= 0.6 is 0 Å². The Bertz CT molecular complexity index is 471. The number of rotatable bonds is 2. The fraction of sp³-hybridized carbons (Fsp3) is 0.333. The minimum atomic E-state index is -5.20. The summed E-state index contributed by atoms with van der Waals surface area (Å²) in [7, 11) is 0.727. The van der Waals surface area contributed by atoms with Crippen LogP contribution in [0.5, 0.6) is 0 Å². The number of carbonyl (C=O) groups excluding carboxylic acids is 1. The summed E-state index contributed by atoms with van der Waals surface area (Å²) in [6.07, 6.45) is -8.46. The van der Waals surface area contributed by atoms with E-state index in [0.717, 1.165) is 7.11 Å². The van der Waals surface area contributed by atoms with Crippen LogP contribution in [0.1, 0.15) is 28.0 Å². The summed E-state index contributed by atoms with van der Waals surface area (Å²) in [4.78, 5) is 13.6. The molecule has 0 saturated carbocycles. The van der Waals surface area contributed by atoms with Crippen LogP contribution in [-0.2, 0) is 10.9 Å². The Balaban J connectivity index is 3.55. The zero-order chi connectivity index (χ0) is 14.1. The molecule has 0 bridgehead atoms. The topological polar surface area (TPSA) is 39.2 Å². The molecular weight excluding hydrogens is 268 g/mol. The normalized spacial score (nSPS) is 11.8. The van der Waals surface area contributed by atoms with E-state index in [0.29, 0.717) is 0 Å². The van der Waals surface area contributed by atoms with Crippen molar-refractivity contribution in [2.45, 2.75) is 12.6 Å². The summed E-state index contributed by atoms with van der Waals surface area (Å²) in [5, 5.41) is 0. The maximum Gasteiger partial charge on any atom is 0.436 e. The highest BCUT2D eigenvalue weighted by atomic mass is 19.4. The monoisotopic (exact) mass is 273 g/mol. The third kappa shape index (κ3) is 2.54. The van der Waals surface area contributed by atoms with Crippen LogP contribution in [0.25, 0.3) is 0 Å². The van der Waals surface area contributed by atoms with Crippen molar-refractivity contribution >= 4 is 5.97 Å². The zero-order valence-corrected chi connectivity index (χ0v) is 8.69. The lowest BCUT2D eigenvalue weighted by molar-refractivity contribution is -0.143. The molecule has 0 unspecified atom stereocenters. The van der Waals surface area contributed by atoms with E-state index in [-0.39, 0.29) is 6.20 Å². The third-order valence-corrected chi connectivity index (χ3v) is 1.94. The van der Waals surface area contributed by atoms with Crippen LogP contribution in [0.3, 0.4) is 0 Å². The average Bonchev–Trinajstić information content (AvgIpc) is 2.25. The number of esters is 1. The lowest BCUT2D eigenvalue weighted by Crippen LogP contribution is -2.18. The van der Waals surface area contributed by atoms with Gasteiger partial charge in [-0.15, -0.1) is 0 Å². The molecule has 100 valence electrons. The maximum atomic E-state index is 13.4. The third-order valence-electron chi connectivity index (χ3n) is 1.94. The van der Waals surface area contributed by atoms with E-state index in [1.165, 1.54) is 0 Å². The Kier molecular flexibility index (Phi) is 3.82. The predicted molar refractivity (Wildman–Crippen MR) is 45.5 cm³/mol. The van der Waals surface area contributed by atoms with Gasteiger partial charge in [-0.2, -0.15) is 13.2 Å². The average molecular weight is 273 g/mol. The second-order valence-corrected chi connectivity index (χ2v) is 3.04. The molecule has 0 aliphatic carbocycles. The quantitative estimate of drug-likeness (QED) is 0.614. The number of carbonyl (C=O) groups is 1. The van der Waals surface area contributed by atoms with Gasteiger partial charge in [-0.1, -0.05) is 0 Å². The van der Waals surface area contributed by atoms with Crippen LogP contribution in [0, 0.1) is 5.82 Å². The summed E-state index contributed by atoms with van der Waals surface area (Å²) >= 11 is 0. The highest BCUT2D eigenvalue weighted by Crippen LogP contribution is 2.34. The first kappa shape index (κ1) is 14.3. The van der Waals surface area contributed by atoms with Gasteiger partial charge in [0.15, 0.2) is 11.5 Å². The molecule has 0 aliphatic heterocycles. The van der Waals surface area contributed by atoms with Crippen molar-refractivity contribution < 1.29 is 35.9 Å². The van der Waals surface area contributed by atoms with E-state index in [9.17, 15) is 31.1 Å². The smallest absolute Gasteiger partial charge is 0.436 e. The lowest BCUT2D eigenvalue weighted by Gasteiger charge is -2.12. The van der Waals surface area contributed by atoms with E-state index in [1.54, 1.807) is 0 Å². The molecule has 0 saturated heterocycles. The second kappa shape index (κ2) is 4.83. The number of hydrogen-bond donors (Lipinski definition) is 0. The van der Waals surface area contributed by atoms with Crippen molar-refractivity contribution in [3.8, 4) is 0 Å². The number of aromatic nitrogens is 1. The summed E-state index contributed by atoms with van der Waals surface area (Å²) in [5.41, 5.74) is -4.77. The Morgan fingerprint density at radius 1 is 1.39 bits per heavy atom. The van der Waals surface area contributed by atoms with Gasteiger partial charge in [0.25, 0.3) is 6.43 Å². The van der Waals surface area contributed by atoms with E-state index in [2.05, 4.69) is 9.72 Å². The van der Waals surface area contributed by atoms with Crippen molar-refractivity contribution in [3.05, 3.63) is 28.8 Å². The SMILES string of the molecule is COC(=O)c1c(C(F)F)cnc(C(F)(F)F)c1F.